The molecule has 1 heterocycles. The quantitative estimate of drug-likeness (QED) is 0.443. The zero-order valence-electron chi connectivity index (χ0n) is 6.77. The van der Waals surface area contributed by atoms with Crippen molar-refractivity contribution >= 4 is 18.2 Å². The number of aliphatic imine (C=N–C) groups is 1. The number of halogens is 1. The highest BCUT2D eigenvalue weighted by molar-refractivity contribution is 5.84. The molecule has 0 bridgehead atoms. The third-order valence-electron chi connectivity index (χ3n) is 1.89. The fourth-order valence-electron chi connectivity index (χ4n) is 1.23. The van der Waals surface area contributed by atoms with Gasteiger partial charge >= 0.3 is 6.16 Å². The summed E-state index contributed by atoms with van der Waals surface area (Å²) < 4.78 is 12.3. The Bertz CT molecular complexity index is 376. The van der Waals surface area contributed by atoms with Crippen LogP contribution < -0.4 is 0 Å². The van der Waals surface area contributed by atoms with Crippen LogP contribution in [0, 0.1) is 0 Å². The molecule has 2 rings (SSSR count). The van der Waals surface area contributed by atoms with Crippen LogP contribution in [0.25, 0.3) is 0 Å². The molecule has 3 nitrogen and oxygen atoms in total. The average Bonchev–Trinajstić information content (AvgIpc) is 2.17. The van der Waals surface area contributed by atoms with Gasteiger partial charge in [-0.15, -0.1) is 4.39 Å². The smallest absolute Gasteiger partial charge is 0.270 e. The third-order valence-corrected chi connectivity index (χ3v) is 1.89. The molecule has 1 aliphatic heterocycles. The summed E-state index contributed by atoms with van der Waals surface area (Å²) in [6.45, 7) is 0.259. The predicted molar refractivity (Wildman–Crippen MR) is 46.6 cm³/mol. The highest BCUT2D eigenvalue weighted by Crippen LogP contribution is 2.23. The van der Waals surface area contributed by atoms with Crippen LogP contribution >= 0.6 is 0 Å². The molecule has 1 amide bonds. The summed E-state index contributed by atoms with van der Waals surface area (Å²) in [7, 11) is 0. The van der Waals surface area contributed by atoms with Crippen LogP contribution in [-0.4, -0.2) is 17.4 Å². The molecule has 0 saturated heterocycles. The first-order valence-corrected chi connectivity index (χ1v) is 3.85. The number of fused-ring (bicyclic) bond motifs is 1. The Hall–Kier alpha value is -1.71. The molecule has 0 aromatic heterocycles. The molecule has 0 saturated carbocycles. The van der Waals surface area contributed by atoms with E-state index < -0.39 is 6.16 Å². The van der Waals surface area contributed by atoms with Crippen molar-refractivity contribution in [3.63, 3.8) is 0 Å². The maximum Gasteiger partial charge on any atom is 0.405 e. The lowest BCUT2D eigenvalue weighted by atomic mass is 10.1. The average molecular weight is 178 g/mol. The van der Waals surface area contributed by atoms with Crippen molar-refractivity contribution < 1.29 is 9.18 Å². The van der Waals surface area contributed by atoms with Gasteiger partial charge in [-0.25, -0.2) is 9.79 Å². The Labute approximate surface area is 74.5 Å². The van der Waals surface area contributed by atoms with Gasteiger partial charge in [0.05, 0.1) is 12.2 Å². The predicted octanol–water partition coefficient (Wildman–Crippen LogP) is 2.25. The Kier molecular flexibility index (Phi) is 1.81. The van der Waals surface area contributed by atoms with Crippen LogP contribution in [0.15, 0.2) is 29.3 Å². The number of benzene rings is 1. The number of carbonyl (C=O) groups is 1. The Morgan fingerprint density at radius 2 is 2.23 bits per heavy atom. The molecule has 1 aliphatic rings. The Balaban J connectivity index is 2.34. The van der Waals surface area contributed by atoms with Crippen molar-refractivity contribution in [1.29, 1.82) is 0 Å². The van der Waals surface area contributed by atoms with Gasteiger partial charge in [-0.3, -0.25) is 4.90 Å². The SMILES string of the molecule is O=C(F)N1C=Nc2ccccc2C1. The summed E-state index contributed by atoms with van der Waals surface area (Å²) in [5.74, 6) is 0. The first-order chi connectivity index (χ1) is 6.27. The van der Waals surface area contributed by atoms with Crippen LogP contribution in [0.2, 0.25) is 0 Å². The molecule has 0 aliphatic carbocycles. The monoisotopic (exact) mass is 178 g/mol. The van der Waals surface area contributed by atoms with Crippen molar-refractivity contribution in [2.75, 3.05) is 0 Å². The Morgan fingerprint density at radius 3 is 3.00 bits per heavy atom. The van der Waals surface area contributed by atoms with Gasteiger partial charge in [-0.05, 0) is 11.6 Å². The fraction of sp³-hybridized carbons (Fsp3) is 0.111. The normalized spacial score (nSPS) is 14.1. The molecule has 0 N–H and O–H groups in total. The van der Waals surface area contributed by atoms with Crippen molar-refractivity contribution in [2.45, 2.75) is 6.54 Å². The van der Waals surface area contributed by atoms with Gasteiger partial charge in [0.2, 0.25) is 0 Å². The van der Waals surface area contributed by atoms with Crippen LogP contribution in [0.5, 0.6) is 0 Å². The van der Waals surface area contributed by atoms with E-state index in [4.69, 9.17) is 0 Å². The first kappa shape index (κ1) is 7.91. The van der Waals surface area contributed by atoms with Crippen molar-refractivity contribution in [1.82, 2.24) is 4.90 Å². The zero-order valence-corrected chi connectivity index (χ0v) is 6.77. The van der Waals surface area contributed by atoms with Gasteiger partial charge in [-0.1, -0.05) is 18.2 Å². The molecule has 4 heteroatoms. The van der Waals surface area contributed by atoms with Gasteiger partial charge in [-0.2, -0.15) is 0 Å². The molecule has 0 radical (unpaired) electrons. The van der Waals surface area contributed by atoms with Crippen LogP contribution in [0.1, 0.15) is 5.56 Å². The number of amides is 1. The van der Waals surface area contributed by atoms with Crippen molar-refractivity contribution in [2.24, 2.45) is 4.99 Å². The minimum absolute atomic E-state index is 0.259. The van der Waals surface area contributed by atoms with E-state index in [0.717, 1.165) is 16.2 Å². The summed E-state index contributed by atoms with van der Waals surface area (Å²) in [4.78, 5) is 15.2. The second-order valence-electron chi connectivity index (χ2n) is 2.75. The summed E-state index contributed by atoms with van der Waals surface area (Å²) in [6, 6.07) is 7.33. The molecule has 13 heavy (non-hydrogen) atoms. The van der Waals surface area contributed by atoms with Crippen molar-refractivity contribution in [3.05, 3.63) is 29.8 Å². The van der Waals surface area contributed by atoms with Gasteiger partial charge in [0.25, 0.3) is 0 Å². The van der Waals surface area contributed by atoms with E-state index in [2.05, 4.69) is 4.99 Å². The third kappa shape index (κ3) is 1.42. The summed E-state index contributed by atoms with van der Waals surface area (Å²) in [5, 5.41) is 0. The largest absolute Gasteiger partial charge is 0.405 e. The highest BCUT2D eigenvalue weighted by Gasteiger charge is 2.16. The number of nitrogens with zero attached hydrogens (tertiary/aromatic N) is 2. The van der Waals surface area contributed by atoms with E-state index in [1.807, 2.05) is 24.3 Å². The molecule has 1 aromatic rings. The summed E-state index contributed by atoms with van der Waals surface area (Å²) in [6.07, 6.45) is -0.261. The van der Waals surface area contributed by atoms with E-state index in [9.17, 15) is 9.18 Å². The van der Waals surface area contributed by atoms with Crippen LogP contribution in [-0.2, 0) is 6.54 Å². The minimum atomic E-state index is -1.47. The minimum Gasteiger partial charge on any atom is -0.270 e. The second-order valence-corrected chi connectivity index (χ2v) is 2.75. The molecule has 1 aromatic carbocycles. The number of carbonyl (C=O) groups excluding carboxylic acids is 1. The molecule has 0 unspecified atom stereocenters. The maximum atomic E-state index is 12.3. The maximum absolute atomic E-state index is 12.3. The van der Waals surface area contributed by atoms with Gasteiger partial charge in [0.1, 0.15) is 6.34 Å². The van der Waals surface area contributed by atoms with Crippen LogP contribution in [0.3, 0.4) is 0 Å². The second kappa shape index (κ2) is 2.97. The van der Waals surface area contributed by atoms with Crippen LogP contribution in [0.4, 0.5) is 14.9 Å². The summed E-state index contributed by atoms with van der Waals surface area (Å²) in [5.41, 5.74) is 1.65. The van der Waals surface area contributed by atoms with E-state index in [0.29, 0.717) is 0 Å². The molecule has 66 valence electrons. The molecule has 0 spiro atoms. The standard InChI is InChI=1S/C9H7FN2O/c10-9(13)12-5-7-3-1-2-4-8(7)11-6-12/h1-4,6H,5H2. The molecule has 0 fully saturated rings. The molecular weight excluding hydrogens is 171 g/mol. The molecular formula is C9H7FN2O. The van der Waals surface area contributed by atoms with Gasteiger partial charge in [0.15, 0.2) is 0 Å². The number of para-hydroxylation sites is 1. The zero-order chi connectivity index (χ0) is 9.26. The van der Waals surface area contributed by atoms with Crippen molar-refractivity contribution in [3.8, 4) is 0 Å². The van der Waals surface area contributed by atoms with Gasteiger partial charge < -0.3 is 0 Å². The first-order valence-electron chi connectivity index (χ1n) is 3.85. The van der Waals surface area contributed by atoms with E-state index in [1.165, 1.54) is 6.34 Å². The number of hydrogen-bond acceptors (Lipinski definition) is 2. The number of rotatable bonds is 0. The highest BCUT2D eigenvalue weighted by atomic mass is 19.1. The lowest BCUT2D eigenvalue weighted by Crippen LogP contribution is -2.26. The Morgan fingerprint density at radius 1 is 1.46 bits per heavy atom. The summed E-state index contributed by atoms with van der Waals surface area (Å²) >= 11 is 0. The molecule has 0 atom stereocenters. The van der Waals surface area contributed by atoms with Gasteiger partial charge in [0, 0.05) is 0 Å². The van der Waals surface area contributed by atoms with E-state index in [-0.39, 0.29) is 6.54 Å². The van der Waals surface area contributed by atoms with E-state index in [1.54, 1.807) is 0 Å². The lowest BCUT2D eigenvalue weighted by molar-refractivity contribution is 0.198. The topological polar surface area (TPSA) is 32.7 Å². The number of hydrogen-bond donors (Lipinski definition) is 0. The van der Waals surface area contributed by atoms with E-state index >= 15 is 0 Å². The lowest BCUT2D eigenvalue weighted by Gasteiger charge is -2.18. The fourth-order valence-corrected chi connectivity index (χ4v) is 1.23.